The van der Waals surface area contributed by atoms with Gasteiger partial charge in [-0.05, 0) is 31.4 Å². The van der Waals surface area contributed by atoms with Gasteiger partial charge in [0.1, 0.15) is 6.54 Å². The van der Waals surface area contributed by atoms with Crippen molar-refractivity contribution in [2.75, 3.05) is 6.54 Å². The Labute approximate surface area is 111 Å². The van der Waals surface area contributed by atoms with Crippen LogP contribution in [0, 0.1) is 6.92 Å². The molecule has 0 spiro atoms. The van der Waals surface area contributed by atoms with Gasteiger partial charge in [-0.1, -0.05) is 6.07 Å². The maximum atomic E-state index is 12.0. The van der Waals surface area contributed by atoms with Crippen molar-refractivity contribution in [3.05, 3.63) is 29.6 Å². The molecule has 6 heteroatoms. The smallest absolute Gasteiger partial charge is 0.323 e. The molecule has 1 saturated carbocycles. The minimum atomic E-state index is -0.990. The molecule has 0 radical (unpaired) electrons. The highest BCUT2D eigenvalue weighted by atomic mass is 16.4. The van der Waals surface area contributed by atoms with E-state index in [0.29, 0.717) is 6.54 Å². The highest BCUT2D eigenvalue weighted by molar-refractivity contribution is 5.80. The molecule has 0 bridgehead atoms. The van der Waals surface area contributed by atoms with Crippen molar-refractivity contribution < 1.29 is 14.7 Å². The van der Waals surface area contributed by atoms with E-state index in [4.69, 9.17) is 5.11 Å². The van der Waals surface area contributed by atoms with Crippen LogP contribution in [0.4, 0.5) is 4.79 Å². The molecule has 0 aromatic carbocycles. The van der Waals surface area contributed by atoms with E-state index >= 15 is 0 Å². The van der Waals surface area contributed by atoms with Gasteiger partial charge in [0.2, 0.25) is 0 Å². The number of carbonyl (C=O) groups excluding carboxylic acids is 1. The molecule has 19 heavy (non-hydrogen) atoms. The highest BCUT2D eigenvalue weighted by Gasteiger charge is 2.33. The maximum absolute atomic E-state index is 12.0. The molecular formula is C13H17N3O3. The lowest BCUT2D eigenvalue weighted by Gasteiger charge is -2.20. The SMILES string of the molecule is Cc1cccnc1CNC(=O)N(CC(=O)O)C1CC1. The number of rotatable bonds is 5. The lowest BCUT2D eigenvalue weighted by atomic mass is 10.2. The Bertz CT molecular complexity index is 486. The standard InChI is InChI=1S/C13H17N3O3/c1-9-3-2-6-14-11(9)7-15-13(19)16(8-12(17)18)10-4-5-10/h2-3,6,10H,4-5,7-8H2,1H3,(H,15,19)(H,17,18). The third kappa shape index (κ3) is 3.67. The van der Waals surface area contributed by atoms with Crippen LogP contribution in [0.3, 0.4) is 0 Å². The minimum absolute atomic E-state index is 0.0703. The lowest BCUT2D eigenvalue weighted by Crippen LogP contribution is -2.43. The van der Waals surface area contributed by atoms with Crippen LogP contribution in [0.2, 0.25) is 0 Å². The zero-order valence-electron chi connectivity index (χ0n) is 10.8. The fourth-order valence-corrected chi connectivity index (χ4v) is 1.86. The number of aromatic nitrogens is 1. The molecule has 0 atom stereocenters. The van der Waals surface area contributed by atoms with Crippen LogP contribution < -0.4 is 5.32 Å². The maximum Gasteiger partial charge on any atom is 0.323 e. The Balaban J connectivity index is 1.92. The van der Waals surface area contributed by atoms with Gasteiger partial charge in [0, 0.05) is 12.2 Å². The number of pyridine rings is 1. The van der Waals surface area contributed by atoms with Crippen LogP contribution in [0.1, 0.15) is 24.1 Å². The monoisotopic (exact) mass is 263 g/mol. The number of nitrogens with one attached hydrogen (secondary N) is 1. The van der Waals surface area contributed by atoms with E-state index < -0.39 is 5.97 Å². The van der Waals surface area contributed by atoms with Gasteiger partial charge in [-0.3, -0.25) is 9.78 Å². The predicted molar refractivity (Wildman–Crippen MR) is 68.6 cm³/mol. The number of aliphatic carboxylic acids is 1. The van der Waals surface area contributed by atoms with E-state index in [1.807, 2.05) is 19.1 Å². The molecule has 1 aromatic heterocycles. The summed E-state index contributed by atoms with van der Waals surface area (Å²) in [6, 6.07) is 3.49. The van der Waals surface area contributed by atoms with E-state index in [-0.39, 0.29) is 18.6 Å². The fourth-order valence-electron chi connectivity index (χ4n) is 1.86. The Morgan fingerprint density at radius 3 is 2.84 bits per heavy atom. The number of urea groups is 1. The van der Waals surface area contributed by atoms with Crippen molar-refractivity contribution in [1.29, 1.82) is 0 Å². The van der Waals surface area contributed by atoms with E-state index in [0.717, 1.165) is 24.1 Å². The van der Waals surface area contributed by atoms with E-state index in [9.17, 15) is 9.59 Å². The lowest BCUT2D eigenvalue weighted by molar-refractivity contribution is -0.137. The van der Waals surface area contributed by atoms with Gasteiger partial charge in [-0.15, -0.1) is 0 Å². The van der Waals surface area contributed by atoms with Gasteiger partial charge in [0.25, 0.3) is 0 Å². The second-order valence-electron chi connectivity index (χ2n) is 4.68. The molecule has 1 aliphatic carbocycles. The summed E-state index contributed by atoms with van der Waals surface area (Å²) in [5, 5.41) is 11.5. The molecule has 1 heterocycles. The first-order valence-electron chi connectivity index (χ1n) is 6.24. The van der Waals surface area contributed by atoms with Crippen molar-refractivity contribution in [3.8, 4) is 0 Å². The van der Waals surface area contributed by atoms with Crippen LogP contribution in [-0.4, -0.2) is 39.6 Å². The topological polar surface area (TPSA) is 82.5 Å². The summed E-state index contributed by atoms with van der Waals surface area (Å²) in [7, 11) is 0. The van der Waals surface area contributed by atoms with Crippen molar-refractivity contribution in [1.82, 2.24) is 15.2 Å². The third-order valence-electron chi connectivity index (χ3n) is 3.08. The van der Waals surface area contributed by atoms with Crippen molar-refractivity contribution >= 4 is 12.0 Å². The van der Waals surface area contributed by atoms with Crippen LogP contribution in [-0.2, 0) is 11.3 Å². The molecule has 2 amide bonds. The molecular weight excluding hydrogens is 246 g/mol. The number of amides is 2. The normalized spacial score (nSPS) is 13.9. The number of carboxylic acid groups (broad SMARTS) is 1. The van der Waals surface area contributed by atoms with Gasteiger partial charge >= 0.3 is 12.0 Å². The molecule has 1 aromatic rings. The van der Waals surface area contributed by atoms with Gasteiger partial charge < -0.3 is 15.3 Å². The number of hydrogen-bond donors (Lipinski definition) is 2. The van der Waals surface area contributed by atoms with Gasteiger partial charge in [-0.25, -0.2) is 4.79 Å². The summed E-state index contributed by atoms with van der Waals surface area (Å²) >= 11 is 0. The Kier molecular flexibility index (Phi) is 3.99. The Morgan fingerprint density at radius 1 is 1.53 bits per heavy atom. The first kappa shape index (κ1) is 13.3. The second kappa shape index (κ2) is 5.69. The molecule has 0 saturated heterocycles. The number of carboxylic acids is 1. The molecule has 0 aliphatic heterocycles. The zero-order valence-corrected chi connectivity index (χ0v) is 10.8. The molecule has 6 nitrogen and oxygen atoms in total. The number of carbonyl (C=O) groups is 2. The zero-order chi connectivity index (χ0) is 13.8. The summed E-state index contributed by atoms with van der Waals surface area (Å²) < 4.78 is 0. The average molecular weight is 263 g/mol. The number of nitrogens with zero attached hydrogens (tertiary/aromatic N) is 2. The van der Waals surface area contributed by atoms with Crippen molar-refractivity contribution in [3.63, 3.8) is 0 Å². The minimum Gasteiger partial charge on any atom is -0.480 e. The quantitative estimate of drug-likeness (QED) is 0.834. The Morgan fingerprint density at radius 2 is 2.26 bits per heavy atom. The summed E-state index contributed by atoms with van der Waals surface area (Å²) in [4.78, 5) is 28.3. The number of aryl methyl sites for hydroxylation is 1. The second-order valence-corrected chi connectivity index (χ2v) is 4.68. The van der Waals surface area contributed by atoms with Crippen LogP contribution in [0.5, 0.6) is 0 Å². The fraction of sp³-hybridized carbons (Fsp3) is 0.462. The first-order chi connectivity index (χ1) is 9.08. The summed E-state index contributed by atoms with van der Waals surface area (Å²) in [6.07, 6.45) is 3.43. The van der Waals surface area contributed by atoms with Crippen LogP contribution in [0.15, 0.2) is 18.3 Å². The number of hydrogen-bond acceptors (Lipinski definition) is 3. The highest BCUT2D eigenvalue weighted by Crippen LogP contribution is 2.26. The largest absolute Gasteiger partial charge is 0.480 e. The molecule has 1 fully saturated rings. The summed E-state index contributed by atoms with van der Waals surface area (Å²) in [5.74, 6) is -0.990. The average Bonchev–Trinajstić information content (AvgIpc) is 3.18. The predicted octanol–water partition coefficient (Wildman–Crippen LogP) is 1.15. The van der Waals surface area contributed by atoms with E-state index in [2.05, 4.69) is 10.3 Å². The van der Waals surface area contributed by atoms with Crippen molar-refractivity contribution in [2.24, 2.45) is 0 Å². The van der Waals surface area contributed by atoms with Crippen LogP contribution in [0.25, 0.3) is 0 Å². The van der Waals surface area contributed by atoms with Crippen LogP contribution >= 0.6 is 0 Å². The van der Waals surface area contributed by atoms with E-state index in [1.54, 1.807) is 6.20 Å². The van der Waals surface area contributed by atoms with Gasteiger partial charge in [-0.2, -0.15) is 0 Å². The summed E-state index contributed by atoms with van der Waals surface area (Å²) in [5.41, 5.74) is 1.79. The van der Waals surface area contributed by atoms with Gasteiger partial charge in [0.05, 0.1) is 12.2 Å². The molecule has 2 rings (SSSR count). The van der Waals surface area contributed by atoms with Gasteiger partial charge in [0.15, 0.2) is 0 Å². The third-order valence-corrected chi connectivity index (χ3v) is 3.08. The molecule has 102 valence electrons. The molecule has 2 N–H and O–H groups in total. The molecule has 0 unspecified atom stereocenters. The van der Waals surface area contributed by atoms with Crippen molar-refractivity contribution in [2.45, 2.75) is 32.4 Å². The Hall–Kier alpha value is -2.11. The molecule has 1 aliphatic rings. The first-order valence-corrected chi connectivity index (χ1v) is 6.24. The van der Waals surface area contributed by atoms with E-state index in [1.165, 1.54) is 4.90 Å². The summed E-state index contributed by atoms with van der Waals surface area (Å²) in [6.45, 7) is 1.98.